The molecule has 7 nitrogen and oxygen atoms in total. The number of ether oxygens (including phenoxy) is 2. The Labute approximate surface area is 184 Å². The van der Waals surface area contributed by atoms with Crippen LogP contribution in [-0.4, -0.2) is 35.7 Å². The number of hydrogen-bond donors (Lipinski definition) is 1. The van der Waals surface area contributed by atoms with E-state index in [9.17, 15) is 14.4 Å². The summed E-state index contributed by atoms with van der Waals surface area (Å²) in [5, 5.41) is 4.56. The van der Waals surface area contributed by atoms with E-state index in [2.05, 4.69) is 5.32 Å². The summed E-state index contributed by atoms with van der Waals surface area (Å²) in [4.78, 5) is 37.1. The van der Waals surface area contributed by atoms with Gasteiger partial charge in [-0.1, -0.05) is 18.2 Å². The van der Waals surface area contributed by atoms with Crippen LogP contribution in [0.2, 0.25) is 0 Å². The van der Waals surface area contributed by atoms with Crippen molar-refractivity contribution in [1.29, 1.82) is 0 Å². The molecular weight excluding hydrogens is 418 g/mol. The molecule has 1 heterocycles. The van der Waals surface area contributed by atoms with E-state index < -0.39 is 29.3 Å². The van der Waals surface area contributed by atoms with Gasteiger partial charge in [-0.15, -0.1) is 0 Å². The van der Waals surface area contributed by atoms with Gasteiger partial charge in [0, 0.05) is 11.5 Å². The molecule has 3 rings (SSSR count). The lowest BCUT2D eigenvalue weighted by Gasteiger charge is -2.22. The van der Waals surface area contributed by atoms with Crippen molar-refractivity contribution in [2.45, 2.75) is 38.8 Å². The Kier molecular flexibility index (Phi) is 6.90. The van der Waals surface area contributed by atoms with Gasteiger partial charge in [0.05, 0.1) is 5.39 Å². The summed E-state index contributed by atoms with van der Waals surface area (Å²) in [6, 6.07) is 11.1. The van der Waals surface area contributed by atoms with Crippen molar-refractivity contribution >= 4 is 45.6 Å². The molecule has 0 aliphatic heterocycles. The fourth-order valence-corrected chi connectivity index (χ4v) is 3.52. The molecule has 0 fully saturated rings. The number of amides is 1. The Hall–Kier alpha value is -3.00. The van der Waals surface area contributed by atoms with Crippen LogP contribution in [0.1, 0.15) is 27.2 Å². The summed E-state index contributed by atoms with van der Waals surface area (Å²) in [6.45, 7) is 5.23. The quantitative estimate of drug-likeness (QED) is 0.259. The maximum Gasteiger partial charge on any atom is 0.408 e. The molecule has 3 aromatic rings. The Morgan fingerprint density at radius 2 is 1.81 bits per heavy atom. The number of rotatable bonds is 6. The van der Waals surface area contributed by atoms with Crippen LogP contribution in [0.3, 0.4) is 0 Å². The molecule has 0 aliphatic rings. The number of alkyl carbamates (subject to hydrolysis) is 1. The molecule has 0 radical (unpaired) electrons. The zero-order valence-corrected chi connectivity index (χ0v) is 18.7. The van der Waals surface area contributed by atoms with Gasteiger partial charge in [0.2, 0.25) is 0 Å². The molecule has 0 aliphatic carbocycles. The van der Waals surface area contributed by atoms with E-state index in [-0.39, 0.29) is 5.75 Å². The normalized spacial score (nSPS) is 12.5. The highest BCUT2D eigenvalue weighted by Gasteiger charge is 2.26. The number of carbonyl (C=O) groups excluding carboxylic acids is 2. The zero-order valence-electron chi connectivity index (χ0n) is 17.9. The first kappa shape index (κ1) is 22.7. The highest BCUT2D eigenvalue weighted by atomic mass is 32.2. The van der Waals surface area contributed by atoms with E-state index in [1.165, 1.54) is 6.07 Å². The maximum absolute atomic E-state index is 12.7. The number of nitrogens with one attached hydrogen (secondary N) is 1. The van der Waals surface area contributed by atoms with Crippen molar-refractivity contribution in [3.63, 3.8) is 0 Å². The van der Waals surface area contributed by atoms with Crippen molar-refractivity contribution in [3.05, 3.63) is 52.9 Å². The Bertz CT molecular complexity index is 1160. The van der Waals surface area contributed by atoms with Crippen LogP contribution in [0, 0.1) is 0 Å². The summed E-state index contributed by atoms with van der Waals surface area (Å²) in [5.41, 5.74) is -0.831. The molecule has 164 valence electrons. The summed E-state index contributed by atoms with van der Waals surface area (Å²) in [7, 11) is 0. The smallest absolute Gasteiger partial charge is 0.408 e. The average Bonchev–Trinajstić information content (AvgIpc) is 2.69. The van der Waals surface area contributed by atoms with E-state index >= 15 is 0 Å². The molecule has 1 N–H and O–H groups in total. The molecule has 1 aromatic heterocycles. The van der Waals surface area contributed by atoms with Crippen molar-refractivity contribution in [2.24, 2.45) is 0 Å². The fraction of sp³-hybridized carbons (Fsp3) is 0.348. The van der Waals surface area contributed by atoms with Crippen LogP contribution in [0.4, 0.5) is 4.79 Å². The summed E-state index contributed by atoms with van der Waals surface area (Å²) in [6.07, 6.45) is 1.60. The SMILES string of the molecule is CSCC[C@H](NC(=O)OC(C)(C)C)C(=O)Oc1ccc2c(c1)oc(=O)c1ccccc12. The van der Waals surface area contributed by atoms with Crippen molar-refractivity contribution in [2.75, 3.05) is 12.0 Å². The second-order valence-corrected chi connectivity index (χ2v) is 8.98. The number of benzene rings is 2. The molecule has 1 atom stereocenters. The van der Waals surface area contributed by atoms with Gasteiger partial charge in [-0.25, -0.2) is 14.4 Å². The third-order valence-electron chi connectivity index (χ3n) is 4.40. The largest absolute Gasteiger partial charge is 0.444 e. The minimum Gasteiger partial charge on any atom is -0.444 e. The molecule has 1 amide bonds. The molecule has 8 heteroatoms. The van der Waals surface area contributed by atoms with Gasteiger partial charge >= 0.3 is 17.7 Å². The fourth-order valence-electron chi connectivity index (χ4n) is 3.05. The third-order valence-corrected chi connectivity index (χ3v) is 5.04. The average molecular weight is 444 g/mol. The molecule has 0 unspecified atom stereocenters. The second kappa shape index (κ2) is 9.43. The second-order valence-electron chi connectivity index (χ2n) is 7.99. The maximum atomic E-state index is 12.7. The zero-order chi connectivity index (χ0) is 22.6. The molecule has 0 saturated heterocycles. The van der Waals surface area contributed by atoms with Crippen LogP contribution in [0.5, 0.6) is 5.75 Å². The summed E-state index contributed by atoms with van der Waals surface area (Å²) < 4.78 is 16.1. The lowest BCUT2D eigenvalue weighted by atomic mass is 10.1. The van der Waals surface area contributed by atoms with Crippen LogP contribution in [-0.2, 0) is 9.53 Å². The first-order valence-electron chi connectivity index (χ1n) is 9.84. The number of fused-ring (bicyclic) bond motifs is 3. The third kappa shape index (κ3) is 5.79. The van der Waals surface area contributed by atoms with Crippen molar-refractivity contribution in [1.82, 2.24) is 5.32 Å². The number of carbonyl (C=O) groups is 2. The Morgan fingerprint density at radius 3 is 2.48 bits per heavy atom. The Balaban J connectivity index is 1.82. The molecular formula is C23H25NO6S. The summed E-state index contributed by atoms with van der Waals surface area (Å²) >= 11 is 1.55. The minimum atomic E-state index is -0.874. The standard InChI is InChI=1S/C23H25NO6S/c1-23(2,3)30-22(27)24-18(11-12-31-4)21(26)28-14-9-10-16-15-7-5-6-8-17(15)20(25)29-19(16)13-14/h5-10,13,18H,11-12H2,1-4H3,(H,24,27)/t18-/m0/s1. The van der Waals surface area contributed by atoms with Crippen LogP contribution >= 0.6 is 11.8 Å². The van der Waals surface area contributed by atoms with Gasteiger partial charge in [0.15, 0.2) is 0 Å². The summed E-state index contributed by atoms with van der Waals surface area (Å²) in [5.74, 6) is 0.243. The van der Waals surface area contributed by atoms with E-state index in [0.717, 1.165) is 10.8 Å². The van der Waals surface area contributed by atoms with Gasteiger partial charge in [0.25, 0.3) is 0 Å². The van der Waals surface area contributed by atoms with Gasteiger partial charge in [-0.3, -0.25) is 0 Å². The van der Waals surface area contributed by atoms with E-state index in [1.807, 2.05) is 18.4 Å². The molecule has 0 saturated carbocycles. The minimum absolute atomic E-state index is 0.219. The predicted molar refractivity (Wildman–Crippen MR) is 122 cm³/mol. The lowest BCUT2D eigenvalue weighted by molar-refractivity contribution is -0.136. The molecule has 0 spiro atoms. The van der Waals surface area contributed by atoms with Gasteiger partial charge in [0.1, 0.15) is 23.0 Å². The highest BCUT2D eigenvalue weighted by Crippen LogP contribution is 2.26. The van der Waals surface area contributed by atoms with Crippen LogP contribution < -0.4 is 15.7 Å². The van der Waals surface area contributed by atoms with E-state index in [0.29, 0.717) is 23.1 Å². The van der Waals surface area contributed by atoms with Gasteiger partial charge in [-0.2, -0.15) is 11.8 Å². The lowest BCUT2D eigenvalue weighted by Crippen LogP contribution is -2.45. The first-order chi connectivity index (χ1) is 14.7. The number of thioether (sulfide) groups is 1. The van der Waals surface area contributed by atoms with Gasteiger partial charge in [-0.05, 0) is 62.8 Å². The topological polar surface area (TPSA) is 94.8 Å². The van der Waals surface area contributed by atoms with Crippen molar-refractivity contribution in [3.8, 4) is 5.75 Å². The molecule has 2 aromatic carbocycles. The molecule has 31 heavy (non-hydrogen) atoms. The Morgan fingerprint density at radius 1 is 1.10 bits per heavy atom. The van der Waals surface area contributed by atoms with Crippen LogP contribution in [0.15, 0.2) is 51.7 Å². The monoisotopic (exact) mass is 443 g/mol. The van der Waals surface area contributed by atoms with Crippen LogP contribution in [0.25, 0.3) is 21.7 Å². The van der Waals surface area contributed by atoms with E-state index in [1.54, 1.807) is 56.8 Å². The van der Waals surface area contributed by atoms with E-state index in [4.69, 9.17) is 13.9 Å². The first-order valence-corrected chi connectivity index (χ1v) is 11.2. The predicted octanol–water partition coefficient (Wildman–Crippen LogP) is 4.50. The molecule has 0 bridgehead atoms. The van der Waals surface area contributed by atoms with Gasteiger partial charge < -0.3 is 19.2 Å². The van der Waals surface area contributed by atoms with Crippen molar-refractivity contribution < 1.29 is 23.5 Å². The number of hydrogen-bond acceptors (Lipinski definition) is 7. The number of esters is 1. The highest BCUT2D eigenvalue weighted by molar-refractivity contribution is 7.98.